The highest BCUT2D eigenvalue weighted by molar-refractivity contribution is 5.18. The van der Waals surface area contributed by atoms with Crippen LogP contribution >= 0.6 is 0 Å². The van der Waals surface area contributed by atoms with Crippen LogP contribution in [0.2, 0.25) is 0 Å². The van der Waals surface area contributed by atoms with E-state index in [0.29, 0.717) is 11.8 Å². The molecule has 0 heterocycles. The zero-order valence-electron chi connectivity index (χ0n) is 5.76. The van der Waals surface area contributed by atoms with E-state index in [1.807, 2.05) is 13.0 Å². The SMILES string of the molecule is C[C@@H]1C=C(F)C=C[C@@H]1C. The van der Waals surface area contributed by atoms with Crippen LogP contribution in [0.15, 0.2) is 24.1 Å². The van der Waals surface area contributed by atoms with Crippen molar-refractivity contribution in [3.8, 4) is 0 Å². The monoisotopic (exact) mass is 126 g/mol. The van der Waals surface area contributed by atoms with Gasteiger partial charge in [0.15, 0.2) is 0 Å². The quantitative estimate of drug-likeness (QED) is 0.468. The molecular weight excluding hydrogens is 115 g/mol. The van der Waals surface area contributed by atoms with E-state index in [1.165, 1.54) is 6.08 Å². The number of hydrogen-bond acceptors (Lipinski definition) is 0. The minimum absolute atomic E-state index is 0.0967. The minimum Gasteiger partial charge on any atom is -0.207 e. The average molecular weight is 126 g/mol. The summed E-state index contributed by atoms with van der Waals surface area (Å²) in [6, 6.07) is 0. The van der Waals surface area contributed by atoms with Crippen LogP contribution in [0.25, 0.3) is 0 Å². The van der Waals surface area contributed by atoms with Gasteiger partial charge in [0.05, 0.1) is 0 Å². The molecule has 0 N–H and O–H groups in total. The van der Waals surface area contributed by atoms with Gasteiger partial charge in [0.2, 0.25) is 0 Å². The van der Waals surface area contributed by atoms with E-state index in [-0.39, 0.29) is 5.83 Å². The summed E-state index contributed by atoms with van der Waals surface area (Å²) in [5.41, 5.74) is 0. The maximum absolute atomic E-state index is 12.4. The van der Waals surface area contributed by atoms with Gasteiger partial charge in [-0.05, 0) is 24.0 Å². The minimum atomic E-state index is -0.0967. The molecule has 0 aliphatic heterocycles. The second kappa shape index (κ2) is 2.34. The van der Waals surface area contributed by atoms with Crippen molar-refractivity contribution in [3.05, 3.63) is 24.1 Å². The van der Waals surface area contributed by atoms with Crippen molar-refractivity contribution in [2.75, 3.05) is 0 Å². The van der Waals surface area contributed by atoms with Crippen LogP contribution in [0.4, 0.5) is 4.39 Å². The van der Waals surface area contributed by atoms with E-state index in [2.05, 4.69) is 6.92 Å². The van der Waals surface area contributed by atoms with Crippen LogP contribution in [-0.2, 0) is 0 Å². The number of rotatable bonds is 0. The number of allylic oxidation sites excluding steroid dienone is 4. The van der Waals surface area contributed by atoms with Gasteiger partial charge in [-0.15, -0.1) is 0 Å². The van der Waals surface area contributed by atoms with E-state index in [0.717, 1.165) is 0 Å². The van der Waals surface area contributed by atoms with E-state index in [9.17, 15) is 4.39 Å². The molecule has 1 heteroatoms. The molecule has 0 aromatic rings. The molecule has 0 nitrogen and oxygen atoms in total. The lowest BCUT2D eigenvalue weighted by Gasteiger charge is -2.14. The summed E-state index contributed by atoms with van der Waals surface area (Å²) in [7, 11) is 0. The predicted octanol–water partition coefficient (Wildman–Crippen LogP) is 2.68. The summed E-state index contributed by atoms with van der Waals surface area (Å²) in [5, 5.41) is 0. The molecule has 0 unspecified atom stereocenters. The second-order valence-corrected chi connectivity index (χ2v) is 2.63. The van der Waals surface area contributed by atoms with Crippen molar-refractivity contribution in [3.63, 3.8) is 0 Å². The first kappa shape index (κ1) is 6.53. The maximum atomic E-state index is 12.4. The van der Waals surface area contributed by atoms with Crippen molar-refractivity contribution in [2.45, 2.75) is 13.8 Å². The van der Waals surface area contributed by atoms with Crippen LogP contribution in [-0.4, -0.2) is 0 Å². The van der Waals surface area contributed by atoms with Crippen molar-refractivity contribution >= 4 is 0 Å². The van der Waals surface area contributed by atoms with Gasteiger partial charge in [0.25, 0.3) is 0 Å². The molecule has 50 valence electrons. The van der Waals surface area contributed by atoms with Crippen molar-refractivity contribution in [2.24, 2.45) is 11.8 Å². The fraction of sp³-hybridized carbons (Fsp3) is 0.500. The van der Waals surface area contributed by atoms with Gasteiger partial charge in [-0.3, -0.25) is 0 Å². The summed E-state index contributed by atoms with van der Waals surface area (Å²) >= 11 is 0. The molecule has 1 aliphatic carbocycles. The van der Waals surface area contributed by atoms with Gasteiger partial charge in [0, 0.05) is 0 Å². The van der Waals surface area contributed by atoms with Crippen molar-refractivity contribution < 1.29 is 4.39 Å². The summed E-state index contributed by atoms with van der Waals surface area (Å²) in [6.45, 7) is 4.11. The Kier molecular flexibility index (Phi) is 1.70. The van der Waals surface area contributed by atoms with E-state index >= 15 is 0 Å². The third kappa shape index (κ3) is 1.41. The predicted molar refractivity (Wildman–Crippen MR) is 36.7 cm³/mol. The fourth-order valence-electron chi connectivity index (χ4n) is 0.877. The summed E-state index contributed by atoms with van der Waals surface area (Å²) in [6.07, 6.45) is 5.09. The Balaban J connectivity index is 2.70. The molecule has 0 bridgehead atoms. The molecule has 0 aromatic heterocycles. The molecule has 0 saturated carbocycles. The Morgan fingerprint density at radius 2 is 2.00 bits per heavy atom. The van der Waals surface area contributed by atoms with Crippen molar-refractivity contribution in [1.29, 1.82) is 0 Å². The van der Waals surface area contributed by atoms with Crippen LogP contribution < -0.4 is 0 Å². The first-order valence-electron chi connectivity index (χ1n) is 3.25. The topological polar surface area (TPSA) is 0 Å². The molecule has 0 amide bonds. The summed E-state index contributed by atoms with van der Waals surface area (Å²) in [5.74, 6) is 0.750. The van der Waals surface area contributed by atoms with Gasteiger partial charge in [-0.25, -0.2) is 4.39 Å². The molecule has 0 spiro atoms. The van der Waals surface area contributed by atoms with Crippen LogP contribution in [0, 0.1) is 11.8 Å². The zero-order valence-corrected chi connectivity index (χ0v) is 5.76. The summed E-state index contributed by atoms with van der Waals surface area (Å²) < 4.78 is 12.4. The van der Waals surface area contributed by atoms with Gasteiger partial charge < -0.3 is 0 Å². The molecule has 1 aliphatic rings. The smallest absolute Gasteiger partial charge is 0.119 e. The van der Waals surface area contributed by atoms with E-state index in [4.69, 9.17) is 0 Å². The van der Waals surface area contributed by atoms with Crippen molar-refractivity contribution in [1.82, 2.24) is 0 Å². The second-order valence-electron chi connectivity index (χ2n) is 2.63. The van der Waals surface area contributed by atoms with E-state index < -0.39 is 0 Å². The van der Waals surface area contributed by atoms with Crippen LogP contribution in [0.3, 0.4) is 0 Å². The molecule has 0 aromatic carbocycles. The Morgan fingerprint density at radius 3 is 2.44 bits per heavy atom. The van der Waals surface area contributed by atoms with Gasteiger partial charge in [0.1, 0.15) is 5.83 Å². The standard InChI is InChI=1S/C8H11F/c1-6-3-4-8(9)5-7(6)2/h3-7H,1-2H3/t6-,7+/m0/s1. The number of hydrogen-bond donors (Lipinski definition) is 0. The molecule has 2 atom stereocenters. The molecule has 9 heavy (non-hydrogen) atoms. The van der Waals surface area contributed by atoms with Gasteiger partial charge in [-0.2, -0.15) is 0 Å². The lowest BCUT2D eigenvalue weighted by molar-refractivity contribution is 0.520. The average Bonchev–Trinajstić information content (AvgIpc) is 1.80. The zero-order chi connectivity index (χ0) is 6.85. The fourth-order valence-corrected chi connectivity index (χ4v) is 0.877. The van der Waals surface area contributed by atoms with Gasteiger partial charge in [-0.1, -0.05) is 19.9 Å². The highest BCUT2D eigenvalue weighted by Gasteiger charge is 2.10. The highest BCUT2D eigenvalue weighted by atomic mass is 19.1. The first-order chi connectivity index (χ1) is 4.20. The molecule has 1 rings (SSSR count). The van der Waals surface area contributed by atoms with Crippen LogP contribution in [0.1, 0.15) is 13.8 Å². The lowest BCUT2D eigenvalue weighted by atomic mass is 9.92. The first-order valence-corrected chi connectivity index (χ1v) is 3.25. The molecule has 0 fully saturated rings. The maximum Gasteiger partial charge on any atom is 0.119 e. The third-order valence-electron chi connectivity index (χ3n) is 1.81. The normalized spacial score (nSPS) is 34.3. The molecule has 0 saturated heterocycles. The lowest BCUT2D eigenvalue weighted by Crippen LogP contribution is -2.05. The third-order valence-corrected chi connectivity index (χ3v) is 1.81. The Hall–Kier alpha value is -0.590. The van der Waals surface area contributed by atoms with Gasteiger partial charge >= 0.3 is 0 Å². The highest BCUT2D eigenvalue weighted by Crippen LogP contribution is 2.21. The summed E-state index contributed by atoms with van der Waals surface area (Å²) in [4.78, 5) is 0. The number of halogens is 1. The Bertz CT molecular complexity index is 156. The molecule has 0 radical (unpaired) electrons. The Morgan fingerprint density at radius 1 is 1.33 bits per heavy atom. The molecular formula is C8H11F. The Labute approximate surface area is 55.1 Å². The van der Waals surface area contributed by atoms with E-state index in [1.54, 1.807) is 6.08 Å². The van der Waals surface area contributed by atoms with Crippen LogP contribution in [0.5, 0.6) is 0 Å². The largest absolute Gasteiger partial charge is 0.207 e.